The summed E-state index contributed by atoms with van der Waals surface area (Å²) >= 11 is 0. The zero-order chi connectivity index (χ0) is 12.3. The molecule has 0 saturated heterocycles. The van der Waals surface area contributed by atoms with Crippen molar-refractivity contribution in [3.63, 3.8) is 0 Å². The Kier molecular flexibility index (Phi) is 3.86. The Bertz CT molecular complexity index is 352. The fraction of sp³-hybridized carbons (Fsp3) is 0.538. The number of hydrogen-bond donors (Lipinski definition) is 1. The molecule has 4 heteroatoms. The number of hydrogen-bond acceptors (Lipinski definition) is 4. The maximum atomic E-state index is 5.87. The van der Waals surface area contributed by atoms with Crippen molar-refractivity contribution in [3.05, 3.63) is 24.3 Å². The van der Waals surface area contributed by atoms with E-state index in [0.717, 1.165) is 17.9 Å². The van der Waals surface area contributed by atoms with Crippen LogP contribution >= 0.6 is 0 Å². The molecule has 3 unspecified atom stereocenters. The van der Waals surface area contributed by atoms with E-state index in [1.807, 2.05) is 31.2 Å². The molecule has 1 aliphatic rings. The summed E-state index contributed by atoms with van der Waals surface area (Å²) in [6.07, 6.45) is 0.928. The standard InChI is InChI=1S/C13H19NO3/c1-3-16-13-11(14)8-12(13)17-10-6-4-9(15-2)5-7-10/h4-7,11-13H,3,8,14H2,1-2H3. The van der Waals surface area contributed by atoms with E-state index >= 15 is 0 Å². The lowest BCUT2D eigenvalue weighted by atomic mass is 9.86. The van der Waals surface area contributed by atoms with Crippen LogP contribution in [0.1, 0.15) is 13.3 Å². The van der Waals surface area contributed by atoms with Crippen LogP contribution in [0.5, 0.6) is 11.5 Å². The minimum absolute atomic E-state index is 0.0158. The molecular weight excluding hydrogens is 218 g/mol. The molecule has 2 rings (SSSR count). The molecule has 3 atom stereocenters. The SMILES string of the molecule is CCOC1C(N)CC1Oc1ccc(OC)cc1. The van der Waals surface area contributed by atoms with Gasteiger partial charge in [0, 0.05) is 19.1 Å². The van der Waals surface area contributed by atoms with Gasteiger partial charge in [-0.15, -0.1) is 0 Å². The van der Waals surface area contributed by atoms with Crippen LogP contribution in [0.15, 0.2) is 24.3 Å². The van der Waals surface area contributed by atoms with Crippen molar-refractivity contribution in [1.29, 1.82) is 0 Å². The summed E-state index contributed by atoms with van der Waals surface area (Å²) in [4.78, 5) is 0. The molecule has 1 aromatic carbocycles. The second-order valence-electron chi connectivity index (χ2n) is 4.15. The quantitative estimate of drug-likeness (QED) is 0.844. The molecule has 2 N–H and O–H groups in total. The summed E-state index contributed by atoms with van der Waals surface area (Å²) in [6.45, 7) is 2.64. The fourth-order valence-electron chi connectivity index (χ4n) is 1.98. The molecule has 4 nitrogen and oxygen atoms in total. The minimum atomic E-state index is 0.0158. The molecule has 1 aromatic rings. The molecule has 1 aliphatic carbocycles. The highest BCUT2D eigenvalue weighted by Gasteiger charge is 2.41. The van der Waals surface area contributed by atoms with Crippen molar-refractivity contribution in [1.82, 2.24) is 0 Å². The lowest BCUT2D eigenvalue weighted by Crippen LogP contribution is -2.59. The van der Waals surface area contributed by atoms with Gasteiger partial charge in [0.2, 0.25) is 0 Å². The first-order valence-electron chi connectivity index (χ1n) is 5.92. The molecule has 0 bridgehead atoms. The molecule has 0 aliphatic heterocycles. The van der Waals surface area contributed by atoms with Crippen molar-refractivity contribution < 1.29 is 14.2 Å². The smallest absolute Gasteiger partial charge is 0.128 e. The van der Waals surface area contributed by atoms with E-state index in [0.29, 0.717) is 6.61 Å². The van der Waals surface area contributed by atoms with Gasteiger partial charge in [0.05, 0.1) is 7.11 Å². The van der Waals surface area contributed by atoms with Gasteiger partial charge in [-0.25, -0.2) is 0 Å². The van der Waals surface area contributed by atoms with Gasteiger partial charge >= 0.3 is 0 Å². The summed E-state index contributed by atoms with van der Waals surface area (Å²) in [7, 11) is 1.64. The summed E-state index contributed by atoms with van der Waals surface area (Å²) in [6, 6.07) is 7.64. The number of nitrogens with two attached hydrogens (primary N) is 1. The highest BCUT2D eigenvalue weighted by Crippen LogP contribution is 2.28. The molecule has 17 heavy (non-hydrogen) atoms. The number of ether oxygens (including phenoxy) is 3. The summed E-state index contributed by atoms with van der Waals surface area (Å²) in [5, 5.41) is 0. The lowest BCUT2D eigenvalue weighted by Gasteiger charge is -2.41. The predicted octanol–water partition coefficient (Wildman–Crippen LogP) is 1.58. The van der Waals surface area contributed by atoms with Crippen molar-refractivity contribution in [2.45, 2.75) is 31.6 Å². The third kappa shape index (κ3) is 2.70. The van der Waals surface area contributed by atoms with E-state index in [1.54, 1.807) is 7.11 Å². The first kappa shape index (κ1) is 12.2. The average molecular weight is 237 g/mol. The summed E-state index contributed by atoms with van der Waals surface area (Å²) in [5.41, 5.74) is 5.87. The van der Waals surface area contributed by atoms with E-state index < -0.39 is 0 Å². The van der Waals surface area contributed by atoms with Gasteiger partial charge in [-0.2, -0.15) is 0 Å². The number of rotatable bonds is 5. The Hall–Kier alpha value is -1.26. The van der Waals surface area contributed by atoms with Crippen LogP contribution in [-0.2, 0) is 4.74 Å². The van der Waals surface area contributed by atoms with Crippen molar-refractivity contribution in [2.24, 2.45) is 5.73 Å². The monoisotopic (exact) mass is 237 g/mol. The van der Waals surface area contributed by atoms with E-state index in [9.17, 15) is 0 Å². The molecule has 1 saturated carbocycles. The maximum Gasteiger partial charge on any atom is 0.128 e. The highest BCUT2D eigenvalue weighted by molar-refractivity contribution is 5.31. The third-order valence-electron chi connectivity index (χ3n) is 3.00. The molecule has 0 heterocycles. The van der Waals surface area contributed by atoms with Gasteiger partial charge in [-0.1, -0.05) is 0 Å². The summed E-state index contributed by atoms with van der Waals surface area (Å²) in [5.74, 6) is 1.65. The average Bonchev–Trinajstić information content (AvgIpc) is 2.36. The Morgan fingerprint density at radius 3 is 2.41 bits per heavy atom. The van der Waals surface area contributed by atoms with Gasteiger partial charge in [0.25, 0.3) is 0 Å². The molecule has 0 radical (unpaired) electrons. The minimum Gasteiger partial charge on any atom is -0.497 e. The zero-order valence-electron chi connectivity index (χ0n) is 10.3. The van der Waals surface area contributed by atoms with Crippen LogP contribution in [0, 0.1) is 0 Å². The van der Waals surface area contributed by atoms with Crippen molar-refractivity contribution >= 4 is 0 Å². The van der Waals surface area contributed by atoms with E-state index in [4.69, 9.17) is 19.9 Å². The molecule has 0 aromatic heterocycles. The lowest BCUT2D eigenvalue weighted by molar-refractivity contribution is -0.0945. The van der Waals surface area contributed by atoms with Gasteiger partial charge in [-0.05, 0) is 31.2 Å². The van der Waals surface area contributed by atoms with E-state index in [-0.39, 0.29) is 18.2 Å². The molecule has 1 fully saturated rings. The van der Waals surface area contributed by atoms with Gasteiger partial charge in [-0.3, -0.25) is 0 Å². The Morgan fingerprint density at radius 2 is 1.88 bits per heavy atom. The third-order valence-corrected chi connectivity index (χ3v) is 3.00. The van der Waals surface area contributed by atoms with Crippen LogP contribution in [0.4, 0.5) is 0 Å². The first-order valence-corrected chi connectivity index (χ1v) is 5.92. The largest absolute Gasteiger partial charge is 0.497 e. The Balaban J connectivity index is 1.92. The molecule has 0 spiro atoms. The van der Waals surface area contributed by atoms with Gasteiger partial charge in [0.1, 0.15) is 23.7 Å². The second kappa shape index (κ2) is 5.38. The van der Waals surface area contributed by atoms with E-state index in [2.05, 4.69) is 0 Å². The predicted molar refractivity (Wildman–Crippen MR) is 65.4 cm³/mol. The van der Waals surface area contributed by atoms with Crippen LogP contribution in [-0.4, -0.2) is 32.0 Å². The summed E-state index contributed by atoms with van der Waals surface area (Å²) < 4.78 is 16.5. The second-order valence-corrected chi connectivity index (χ2v) is 4.15. The normalized spacial score (nSPS) is 27.4. The maximum absolute atomic E-state index is 5.87. The highest BCUT2D eigenvalue weighted by atomic mass is 16.5. The Labute approximate surface area is 102 Å². The fourth-order valence-corrected chi connectivity index (χ4v) is 1.98. The first-order chi connectivity index (χ1) is 8.24. The Morgan fingerprint density at radius 1 is 1.24 bits per heavy atom. The van der Waals surface area contributed by atoms with E-state index in [1.165, 1.54) is 0 Å². The van der Waals surface area contributed by atoms with Crippen LogP contribution in [0.25, 0.3) is 0 Å². The number of benzene rings is 1. The van der Waals surface area contributed by atoms with Gasteiger partial charge < -0.3 is 19.9 Å². The molecular formula is C13H19NO3. The van der Waals surface area contributed by atoms with Crippen LogP contribution in [0.2, 0.25) is 0 Å². The zero-order valence-corrected chi connectivity index (χ0v) is 10.3. The molecule has 94 valence electrons. The van der Waals surface area contributed by atoms with Crippen molar-refractivity contribution in [2.75, 3.05) is 13.7 Å². The van der Waals surface area contributed by atoms with Crippen LogP contribution < -0.4 is 15.2 Å². The van der Waals surface area contributed by atoms with Crippen LogP contribution in [0.3, 0.4) is 0 Å². The number of methoxy groups -OCH3 is 1. The molecule has 0 amide bonds. The van der Waals surface area contributed by atoms with Crippen molar-refractivity contribution in [3.8, 4) is 11.5 Å². The van der Waals surface area contributed by atoms with Gasteiger partial charge in [0.15, 0.2) is 0 Å². The topological polar surface area (TPSA) is 53.7 Å².